The zero-order valence-electron chi connectivity index (χ0n) is 6.06. The fraction of sp³-hybridized carbons (Fsp3) is 0. The summed E-state index contributed by atoms with van der Waals surface area (Å²) in [4.78, 5) is 21.9. The second-order valence-electron chi connectivity index (χ2n) is 2.07. The van der Waals surface area contributed by atoms with E-state index in [1.54, 1.807) is 30.3 Å². The summed E-state index contributed by atoms with van der Waals surface area (Å²) in [6.07, 6.45) is 0. The van der Waals surface area contributed by atoms with Crippen LogP contribution >= 0.6 is 0 Å². The molecule has 1 rings (SSSR count). The van der Waals surface area contributed by atoms with Gasteiger partial charge in [0.15, 0.2) is 0 Å². The third-order valence-corrected chi connectivity index (χ3v) is 1.95. The van der Waals surface area contributed by atoms with Crippen molar-refractivity contribution in [2.24, 2.45) is 0 Å². The Hall–Kier alpha value is -0.757. The molecule has 0 spiro atoms. The number of carbonyl (C=O) groups excluding carboxylic acids is 2. The molecular formula is C8H5BiO3. The summed E-state index contributed by atoms with van der Waals surface area (Å²) in [5.41, 5.74) is 0.369. The van der Waals surface area contributed by atoms with Crippen molar-refractivity contribution in [3.63, 3.8) is 0 Å². The molecule has 1 aromatic carbocycles. The first-order valence-corrected chi connectivity index (χ1v) is 4.63. The molecule has 0 heterocycles. The number of ketones is 1. The van der Waals surface area contributed by atoms with E-state index in [2.05, 4.69) is 2.81 Å². The van der Waals surface area contributed by atoms with Crippen molar-refractivity contribution in [1.29, 1.82) is 0 Å². The molecule has 0 aliphatic heterocycles. The summed E-state index contributed by atoms with van der Waals surface area (Å²) >= 11 is 0.438. The van der Waals surface area contributed by atoms with Gasteiger partial charge in [-0.25, -0.2) is 0 Å². The normalized spacial score (nSPS) is 9.08. The van der Waals surface area contributed by atoms with Crippen LogP contribution in [-0.2, 0) is 7.61 Å². The van der Waals surface area contributed by atoms with E-state index in [1.807, 2.05) is 0 Å². The van der Waals surface area contributed by atoms with Gasteiger partial charge in [0.05, 0.1) is 0 Å². The van der Waals surface area contributed by atoms with Gasteiger partial charge >= 0.3 is 85.2 Å². The summed E-state index contributed by atoms with van der Waals surface area (Å²) in [5.74, 6) is -1.37. The molecule has 0 aromatic heterocycles. The quantitative estimate of drug-likeness (QED) is 0.439. The number of benzene rings is 1. The number of hydrogen-bond acceptors (Lipinski definition) is 3. The molecule has 0 bridgehead atoms. The third kappa shape index (κ3) is 2.11. The topological polar surface area (TPSA) is 43.4 Å². The van der Waals surface area contributed by atoms with Gasteiger partial charge in [0.25, 0.3) is 0 Å². The van der Waals surface area contributed by atoms with Crippen molar-refractivity contribution in [2.75, 3.05) is 0 Å². The van der Waals surface area contributed by atoms with E-state index in [0.29, 0.717) is 30.7 Å². The molecule has 0 saturated carbocycles. The minimum absolute atomic E-state index is 0.369. The molecule has 0 aliphatic rings. The van der Waals surface area contributed by atoms with Gasteiger partial charge < -0.3 is 0 Å². The number of carbonyl (C=O) groups is 2. The Bertz CT molecular complexity index is 294. The van der Waals surface area contributed by atoms with Gasteiger partial charge in [0.1, 0.15) is 0 Å². The first kappa shape index (κ1) is 9.33. The van der Waals surface area contributed by atoms with Crippen LogP contribution in [0.5, 0.6) is 0 Å². The molecule has 12 heavy (non-hydrogen) atoms. The molecule has 0 saturated heterocycles. The average molecular weight is 358 g/mol. The molecule has 0 fully saturated rings. The van der Waals surface area contributed by atoms with E-state index < -0.39 is 11.8 Å². The maximum atomic E-state index is 11.1. The molecule has 0 N–H and O–H groups in total. The Kier molecular flexibility index (Phi) is 3.35. The second-order valence-corrected chi connectivity index (χ2v) is 2.78. The van der Waals surface area contributed by atoms with E-state index in [0.717, 1.165) is 0 Å². The van der Waals surface area contributed by atoms with E-state index >= 15 is 0 Å². The van der Waals surface area contributed by atoms with Gasteiger partial charge in [-0.2, -0.15) is 0 Å². The predicted molar refractivity (Wildman–Crippen MR) is 42.6 cm³/mol. The van der Waals surface area contributed by atoms with Crippen molar-refractivity contribution in [2.45, 2.75) is 0 Å². The standard InChI is InChI=1S/C8H6O3.Bi/c9-7(8(10)11)6-4-2-1-3-5-6;/h1-5H,(H,10,11);/q;+1/p-1. The Morgan fingerprint density at radius 1 is 1.17 bits per heavy atom. The molecule has 2 radical (unpaired) electrons. The number of rotatable bonds is 2. The van der Waals surface area contributed by atoms with Crippen molar-refractivity contribution < 1.29 is 12.4 Å². The first-order valence-electron chi connectivity index (χ1n) is 3.21. The van der Waals surface area contributed by atoms with Crippen LogP contribution < -0.4 is 0 Å². The fourth-order valence-electron chi connectivity index (χ4n) is 0.749. The average Bonchev–Trinajstić information content (AvgIpc) is 2.17. The van der Waals surface area contributed by atoms with Crippen LogP contribution in [0.3, 0.4) is 0 Å². The SMILES string of the molecule is O=C([O][Bi])C(=O)c1ccccc1. The zero-order valence-corrected chi connectivity index (χ0v) is 9.54. The molecule has 60 valence electrons. The summed E-state index contributed by atoms with van der Waals surface area (Å²) in [6, 6.07) is 8.34. The number of Topliss-reactive ketones (excluding diaryl/α,β-unsaturated/α-hetero) is 1. The van der Waals surface area contributed by atoms with Crippen LogP contribution in [0.15, 0.2) is 30.3 Å². The Balaban J connectivity index is 2.86. The van der Waals surface area contributed by atoms with Gasteiger partial charge in [-0.05, 0) is 0 Å². The molecule has 0 aliphatic carbocycles. The summed E-state index contributed by atoms with van der Waals surface area (Å²) in [6.45, 7) is 0. The Morgan fingerprint density at radius 3 is 2.25 bits per heavy atom. The molecule has 0 unspecified atom stereocenters. The van der Waals surface area contributed by atoms with Crippen molar-refractivity contribution >= 4 is 36.9 Å². The molecule has 1 aromatic rings. The van der Waals surface area contributed by atoms with E-state index in [-0.39, 0.29) is 0 Å². The monoisotopic (exact) mass is 358 g/mol. The van der Waals surface area contributed by atoms with Crippen LogP contribution in [0.1, 0.15) is 10.4 Å². The van der Waals surface area contributed by atoms with E-state index in [4.69, 9.17) is 0 Å². The third-order valence-electron chi connectivity index (χ3n) is 1.30. The minimum atomic E-state index is -0.783. The van der Waals surface area contributed by atoms with Crippen LogP contribution in [0.25, 0.3) is 0 Å². The van der Waals surface area contributed by atoms with Crippen LogP contribution in [0.4, 0.5) is 0 Å². The summed E-state index contributed by atoms with van der Waals surface area (Å²) in [7, 11) is 0. The molecule has 0 amide bonds. The second kappa shape index (κ2) is 4.31. The zero-order chi connectivity index (χ0) is 8.97. The summed E-state index contributed by atoms with van der Waals surface area (Å²) < 4.78 is 4.39. The summed E-state index contributed by atoms with van der Waals surface area (Å²) in [5, 5.41) is 0. The van der Waals surface area contributed by atoms with Gasteiger partial charge in [0, 0.05) is 0 Å². The van der Waals surface area contributed by atoms with Gasteiger partial charge in [0.2, 0.25) is 0 Å². The van der Waals surface area contributed by atoms with Crippen LogP contribution in [0.2, 0.25) is 0 Å². The fourth-order valence-corrected chi connectivity index (χ4v) is 1.07. The van der Waals surface area contributed by atoms with Gasteiger partial charge in [-0.1, -0.05) is 0 Å². The number of hydrogen-bond donors (Lipinski definition) is 0. The molecule has 0 atom stereocenters. The first-order chi connectivity index (χ1) is 5.75. The molecule has 3 nitrogen and oxygen atoms in total. The van der Waals surface area contributed by atoms with Crippen LogP contribution in [0, 0.1) is 0 Å². The van der Waals surface area contributed by atoms with Gasteiger partial charge in [-0.15, -0.1) is 0 Å². The Morgan fingerprint density at radius 2 is 1.75 bits per heavy atom. The van der Waals surface area contributed by atoms with Crippen LogP contribution in [-0.4, -0.2) is 36.9 Å². The molecule has 4 heteroatoms. The van der Waals surface area contributed by atoms with E-state index in [9.17, 15) is 9.59 Å². The van der Waals surface area contributed by atoms with Crippen molar-refractivity contribution in [3.05, 3.63) is 35.9 Å². The van der Waals surface area contributed by atoms with Crippen molar-refractivity contribution in [3.8, 4) is 0 Å². The maximum absolute atomic E-state index is 11.1. The molecular weight excluding hydrogens is 353 g/mol. The van der Waals surface area contributed by atoms with Gasteiger partial charge in [-0.3, -0.25) is 0 Å². The van der Waals surface area contributed by atoms with E-state index in [1.165, 1.54) is 0 Å². The Labute approximate surface area is 85.2 Å². The predicted octanol–water partition coefficient (Wildman–Crippen LogP) is 0.496. The van der Waals surface area contributed by atoms with Crippen molar-refractivity contribution in [1.82, 2.24) is 0 Å².